The van der Waals surface area contributed by atoms with Gasteiger partial charge in [0.15, 0.2) is 11.6 Å². The van der Waals surface area contributed by atoms with Crippen molar-refractivity contribution in [2.75, 3.05) is 0 Å². The van der Waals surface area contributed by atoms with Gasteiger partial charge in [-0.15, -0.1) is 11.3 Å². The molecule has 0 fully saturated rings. The van der Waals surface area contributed by atoms with E-state index in [0.29, 0.717) is 17.6 Å². The van der Waals surface area contributed by atoms with Gasteiger partial charge in [-0.05, 0) is 64.4 Å². The highest BCUT2D eigenvalue weighted by Crippen LogP contribution is 2.42. The normalized spacial score (nSPS) is 11.8. The minimum Gasteiger partial charge on any atom is -0.307 e. The molecule has 9 aromatic carbocycles. The summed E-state index contributed by atoms with van der Waals surface area (Å²) in [5, 5.41) is 7.98. The van der Waals surface area contributed by atoms with E-state index in [1.165, 1.54) is 16.2 Å². The van der Waals surface area contributed by atoms with Crippen LogP contribution in [0.3, 0.4) is 0 Å². The van der Waals surface area contributed by atoms with E-state index in [1.54, 1.807) is 11.3 Å². The molecular weight excluding hydrogens is 789 g/mol. The SMILES string of the molecule is c1ccc(-c2nc3cccc(-c4nc(-c5ccc(-c6ccc7ccccc7c6)cc5)nc(-n5c6ccccc6c6ccc7c8ccccc8n(-c8ccccc8)c7c65)n4)c3s2)cc1. The Morgan fingerprint density at radius 1 is 0.365 bits per heavy atom. The average Bonchev–Trinajstić information content (AvgIpc) is 4.05. The fraction of sp³-hybridized carbons (Fsp3) is 0. The van der Waals surface area contributed by atoms with Crippen LogP contribution >= 0.6 is 11.3 Å². The first-order chi connectivity index (χ1) is 31.2. The van der Waals surface area contributed by atoms with E-state index in [2.05, 4.69) is 209 Å². The van der Waals surface area contributed by atoms with Crippen LogP contribution in [0.5, 0.6) is 0 Å². The summed E-state index contributed by atoms with van der Waals surface area (Å²) in [7, 11) is 0. The molecule has 0 amide bonds. The lowest BCUT2D eigenvalue weighted by Crippen LogP contribution is -2.07. The van der Waals surface area contributed by atoms with Crippen molar-refractivity contribution in [3.63, 3.8) is 0 Å². The summed E-state index contributed by atoms with van der Waals surface area (Å²) >= 11 is 1.66. The molecule has 0 saturated heterocycles. The molecule has 0 aliphatic rings. The van der Waals surface area contributed by atoms with Crippen LogP contribution in [0.4, 0.5) is 0 Å². The van der Waals surface area contributed by atoms with Gasteiger partial charge in [0, 0.05) is 43.9 Å². The quantitative estimate of drug-likeness (QED) is 0.168. The van der Waals surface area contributed by atoms with E-state index in [0.717, 1.165) is 87.0 Å². The first kappa shape index (κ1) is 35.5. The van der Waals surface area contributed by atoms with Crippen LogP contribution in [0.15, 0.2) is 206 Å². The number of hydrogen-bond acceptors (Lipinski definition) is 5. The predicted molar refractivity (Wildman–Crippen MR) is 261 cm³/mol. The maximum atomic E-state index is 5.47. The lowest BCUT2D eigenvalue weighted by Gasteiger charge is -2.13. The predicted octanol–water partition coefficient (Wildman–Crippen LogP) is 14.5. The number of nitrogens with zero attached hydrogens (tertiary/aromatic N) is 6. The second kappa shape index (κ2) is 14.2. The van der Waals surface area contributed by atoms with Crippen molar-refractivity contribution in [2.24, 2.45) is 0 Å². The molecule has 294 valence electrons. The molecule has 6 nitrogen and oxygen atoms in total. The van der Waals surface area contributed by atoms with Gasteiger partial charge in [0.2, 0.25) is 5.95 Å². The second-order valence-electron chi connectivity index (χ2n) is 15.9. The van der Waals surface area contributed by atoms with E-state index in [1.807, 2.05) is 6.07 Å². The smallest absolute Gasteiger partial charge is 0.238 e. The Morgan fingerprint density at radius 2 is 0.968 bits per heavy atom. The maximum absolute atomic E-state index is 5.47. The van der Waals surface area contributed by atoms with E-state index in [4.69, 9.17) is 19.9 Å². The molecule has 63 heavy (non-hydrogen) atoms. The molecule has 0 aliphatic heterocycles. The van der Waals surface area contributed by atoms with Crippen LogP contribution < -0.4 is 0 Å². The van der Waals surface area contributed by atoms with Gasteiger partial charge in [-0.25, -0.2) is 9.97 Å². The minimum atomic E-state index is 0.543. The third-order valence-corrected chi connectivity index (χ3v) is 13.4. The van der Waals surface area contributed by atoms with E-state index in [9.17, 15) is 0 Å². The van der Waals surface area contributed by atoms with Crippen LogP contribution in [0.25, 0.3) is 121 Å². The van der Waals surface area contributed by atoms with Crippen LogP contribution in [-0.4, -0.2) is 29.1 Å². The van der Waals surface area contributed by atoms with Crippen LogP contribution in [0.1, 0.15) is 0 Å². The zero-order valence-electron chi connectivity index (χ0n) is 33.7. The highest BCUT2D eigenvalue weighted by molar-refractivity contribution is 7.22. The van der Waals surface area contributed by atoms with Crippen molar-refractivity contribution in [1.82, 2.24) is 29.1 Å². The average molecular weight is 823 g/mol. The fourth-order valence-corrected chi connectivity index (χ4v) is 10.4. The Labute approximate surface area is 365 Å². The van der Waals surface area contributed by atoms with Gasteiger partial charge in [-0.2, -0.15) is 9.97 Å². The second-order valence-corrected chi connectivity index (χ2v) is 16.9. The molecular formula is C56H34N6S. The standard InChI is InChI=1S/C56H34N6S/c1-3-15-38(16-4-1)55-57-47-23-13-22-46(52(47)63-55)54-58-53(37-29-26-36(27-30-37)40-31-28-35-14-7-8-17-39(35)34-40)59-56(60-54)62-49-25-12-10-21-43(49)45-33-32-44-42-20-9-11-24-48(42)61(50(44)51(45)62)41-18-5-2-6-19-41/h1-34H. The first-order valence-electron chi connectivity index (χ1n) is 21.1. The van der Waals surface area contributed by atoms with Gasteiger partial charge >= 0.3 is 0 Å². The summed E-state index contributed by atoms with van der Waals surface area (Å²) in [6.45, 7) is 0. The molecule has 4 heterocycles. The van der Waals surface area contributed by atoms with Crippen molar-refractivity contribution >= 4 is 75.9 Å². The van der Waals surface area contributed by atoms with Crippen LogP contribution in [-0.2, 0) is 0 Å². The van der Waals surface area contributed by atoms with Crippen molar-refractivity contribution in [3.05, 3.63) is 206 Å². The number of aromatic nitrogens is 6. The lowest BCUT2D eigenvalue weighted by molar-refractivity contribution is 0.954. The fourth-order valence-electron chi connectivity index (χ4n) is 9.28. The number of hydrogen-bond donors (Lipinski definition) is 0. The minimum absolute atomic E-state index is 0.543. The largest absolute Gasteiger partial charge is 0.307 e. The van der Waals surface area contributed by atoms with E-state index >= 15 is 0 Å². The Balaban J connectivity index is 1.09. The number of rotatable bonds is 6. The summed E-state index contributed by atoms with van der Waals surface area (Å²) < 4.78 is 5.67. The summed E-state index contributed by atoms with van der Waals surface area (Å²) in [5.41, 5.74) is 11.4. The number of para-hydroxylation sites is 3. The highest BCUT2D eigenvalue weighted by atomic mass is 32.1. The Bertz CT molecular complexity index is 3900. The van der Waals surface area contributed by atoms with E-state index in [-0.39, 0.29) is 0 Å². The molecule has 0 N–H and O–H groups in total. The Morgan fingerprint density at radius 3 is 1.73 bits per heavy atom. The number of benzene rings is 9. The van der Waals surface area contributed by atoms with Gasteiger partial charge in [0.25, 0.3) is 0 Å². The molecule has 0 radical (unpaired) electrons. The molecule has 13 aromatic rings. The third kappa shape index (κ3) is 5.71. The van der Waals surface area contributed by atoms with Gasteiger partial charge in [0.1, 0.15) is 5.01 Å². The molecule has 0 bridgehead atoms. The van der Waals surface area contributed by atoms with Crippen molar-refractivity contribution in [1.29, 1.82) is 0 Å². The van der Waals surface area contributed by atoms with Gasteiger partial charge in [-0.3, -0.25) is 4.57 Å². The summed E-state index contributed by atoms with van der Waals surface area (Å²) in [6.07, 6.45) is 0. The van der Waals surface area contributed by atoms with Gasteiger partial charge in [-0.1, -0.05) is 164 Å². The molecule has 7 heteroatoms. The van der Waals surface area contributed by atoms with Crippen molar-refractivity contribution in [3.8, 4) is 56.1 Å². The molecule has 0 saturated carbocycles. The van der Waals surface area contributed by atoms with Crippen LogP contribution in [0, 0.1) is 0 Å². The number of thiazole rings is 1. The first-order valence-corrected chi connectivity index (χ1v) is 21.9. The van der Waals surface area contributed by atoms with Crippen molar-refractivity contribution in [2.45, 2.75) is 0 Å². The van der Waals surface area contributed by atoms with Gasteiger partial charge < -0.3 is 4.57 Å². The monoisotopic (exact) mass is 822 g/mol. The molecule has 0 atom stereocenters. The highest BCUT2D eigenvalue weighted by Gasteiger charge is 2.24. The van der Waals surface area contributed by atoms with Gasteiger partial charge in [0.05, 0.1) is 32.3 Å². The zero-order valence-corrected chi connectivity index (χ0v) is 34.5. The maximum Gasteiger partial charge on any atom is 0.238 e. The lowest BCUT2D eigenvalue weighted by atomic mass is 10.0. The molecule has 0 aliphatic carbocycles. The number of fused-ring (bicyclic) bond motifs is 9. The Hall–Kier alpha value is -8.26. The molecule has 0 spiro atoms. The molecule has 0 unspecified atom stereocenters. The van der Waals surface area contributed by atoms with E-state index < -0.39 is 0 Å². The third-order valence-electron chi connectivity index (χ3n) is 12.2. The zero-order chi connectivity index (χ0) is 41.4. The molecule has 4 aromatic heterocycles. The topological polar surface area (TPSA) is 61.4 Å². The Kier molecular flexibility index (Phi) is 7.98. The summed E-state index contributed by atoms with van der Waals surface area (Å²) in [4.78, 5) is 21.3. The summed E-state index contributed by atoms with van der Waals surface area (Å²) in [5.74, 6) is 1.72. The molecule has 13 rings (SSSR count). The van der Waals surface area contributed by atoms with Crippen molar-refractivity contribution < 1.29 is 0 Å². The van der Waals surface area contributed by atoms with Crippen LogP contribution in [0.2, 0.25) is 0 Å². The summed E-state index contributed by atoms with van der Waals surface area (Å²) in [6, 6.07) is 72.7.